The standard InChI is InChI=1S/C25H26F2N4O3/c1-13-28-23-19(27)9-15(10-20(23)34-13)14-7-16-12-31(29-22(16)18(26)8-14)17-5-6-30(24(32)33)21(11-17)25(2,3)4/h7-10,12,17,21H,5-6,11H2,1-4H3,(H,32,33). The summed E-state index contributed by atoms with van der Waals surface area (Å²) in [6.45, 7) is 8.10. The molecule has 0 radical (unpaired) electrons. The minimum absolute atomic E-state index is 0.0546. The van der Waals surface area contributed by atoms with Crippen LogP contribution in [-0.2, 0) is 0 Å². The van der Waals surface area contributed by atoms with Gasteiger partial charge in [-0.1, -0.05) is 20.8 Å². The molecule has 1 fully saturated rings. The molecule has 5 rings (SSSR count). The second-order valence-corrected chi connectivity index (χ2v) is 10.1. The van der Waals surface area contributed by atoms with E-state index < -0.39 is 17.7 Å². The molecule has 1 N–H and O–H groups in total. The average Bonchev–Trinajstić information content (AvgIpc) is 3.36. The number of aromatic nitrogens is 3. The molecule has 2 atom stereocenters. The predicted octanol–water partition coefficient (Wildman–Crippen LogP) is 6.16. The Bertz CT molecular complexity index is 1420. The van der Waals surface area contributed by atoms with Gasteiger partial charge in [0.05, 0.1) is 6.04 Å². The van der Waals surface area contributed by atoms with E-state index in [1.807, 2.05) is 20.8 Å². The normalized spacial score (nSPS) is 19.3. The highest BCUT2D eigenvalue weighted by molar-refractivity contribution is 5.87. The molecule has 34 heavy (non-hydrogen) atoms. The number of nitrogens with zero attached hydrogens (tertiary/aromatic N) is 4. The fourth-order valence-corrected chi connectivity index (χ4v) is 4.97. The Morgan fingerprint density at radius 2 is 1.79 bits per heavy atom. The largest absolute Gasteiger partial charge is 0.465 e. The molecular weight excluding hydrogens is 442 g/mol. The van der Waals surface area contributed by atoms with E-state index in [9.17, 15) is 14.3 Å². The minimum Gasteiger partial charge on any atom is -0.465 e. The lowest BCUT2D eigenvalue weighted by atomic mass is 9.79. The van der Waals surface area contributed by atoms with Crippen molar-refractivity contribution in [2.75, 3.05) is 6.54 Å². The van der Waals surface area contributed by atoms with Crippen LogP contribution < -0.4 is 0 Å². The van der Waals surface area contributed by atoms with Crippen LogP contribution >= 0.6 is 0 Å². The topological polar surface area (TPSA) is 84.4 Å². The van der Waals surface area contributed by atoms with Crippen molar-refractivity contribution in [2.24, 2.45) is 5.41 Å². The fraction of sp³-hybridized carbons (Fsp3) is 0.400. The molecule has 9 heteroatoms. The van der Waals surface area contributed by atoms with Crippen LogP contribution in [0.15, 0.2) is 34.9 Å². The summed E-state index contributed by atoms with van der Waals surface area (Å²) < 4.78 is 36.8. The Morgan fingerprint density at radius 3 is 2.47 bits per heavy atom. The van der Waals surface area contributed by atoms with Gasteiger partial charge >= 0.3 is 6.09 Å². The summed E-state index contributed by atoms with van der Waals surface area (Å²) in [6, 6.07) is 5.86. The van der Waals surface area contributed by atoms with Crippen molar-refractivity contribution in [1.82, 2.24) is 19.7 Å². The summed E-state index contributed by atoms with van der Waals surface area (Å²) in [6.07, 6.45) is 2.04. The number of aryl methyl sites for hydroxylation is 1. The van der Waals surface area contributed by atoms with Crippen LogP contribution in [-0.4, -0.2) is 43.5 Å². The number of amides is 1. The smallest absolute Gasteiger partial charge is 0.407 e. The second-order valence-electron chi connectivity index (χ2n) is 10.1. The molecule has 178 valence electrons. The molecule has 7 nitrogen and oxygen atoms in total. The zero-order valence-corrected chi connectivity index (χ0v) is 19.5. The van der Waals surface area contributed by atoms with Gasteiger partial charge < -0.3 is 14.4 Å². The molecule has 0 bridgehead atoms. The molecule has 4 aromatic rings. The first-order chi connectivity index (χ1) is 16.0. The van der Waals surface area contributed by atoms with Crippen LogP contribution in [0.2, 0.25) is 0 Å². The third-order valence-electron chi connectivity index (χ3n) is 6.66. The van der Waals surface area contributed by atoms with E-state index in [1.54, 1.807) is 29.9 Å². The molecule has 2 unspecified atom stereocenters. The van der Waals surface area contributed by atoms with Crippen molar-refractivity contribution in [3.8, 4) is 11.1 Å². The molecule has 3 heterocycles. The van der Waals surface area contributed by atoms with Gasteiger partial charge in [0.25, 0.3) is 0 Å². The van der Waals surface area contributed by atoms with E-state index in [4.69, 9.17) is 4.42 Å². The number of hydrogen-bond acceptors (Lipinski definition) is 4. The summed E-state index contributed by atoms with van der Waals surface area (Å²) in [7, 11) is 0. The van der Waals surface area contributed by atoms with Crippen molar-refractivity contribution in [2.45, 2.75) is 52.6 Å². The fourth-order valence-electron chi connectivity index (χ4n) is 4.97. The SMILES string of the molecule is Cc1nc2c(F)cc(-c3cc(F)c4nn(C5CCN(C(=O)O)C(C(C)(C)C)C5)cc4c3)cc2o1. The number of hydrogen-bond donors (Lipinski definition) is 1. The number of carboxylic acid groups (broad SMARTS) is 1. The molecule has 2 aromatic carbocycles. The first-order valence-electron chi connectivity index (χ1n) is 11.3. The quantitative estimate of drug-likeness (QED) is 0.381. The number of oxazole rings is 1. The monoisotopic (exact) mass is 468 g/mol. The first kappa shape index (κ1) is 22.3. The van der Waals surface area contributed by atoms with Crippen LogP contribution in [0.4, 0.5) is 13.6 Å². The van der Waals surface area contributed by atoms with Gasteiger partial charge in [0.2, 0.25) is 0 Å². The van der Waals surface area contributed by atoms with Crippen molar-refractivity contribution < 1.29 is 23.1 Å². The molecule has 0 aliphatic carbocycles. The average molecular weight is 469 g/mol. The summed E-state index contributed by atoms with van der Waals surface area (Å²) in [5, 5.41) is 14.7. The van der Waals surface area contributed by atoms with E-state index in [-0.39, 0.29) is 28.5 Å². The summed E-state index contributed by atoms with van der Waals surface area (Å²) in [5.74, 6) is -0.675. The number of fused-ring (bicyclic) bond motifs is 2. The zero-order chi connectivity index (χ0) is 24.4. The Morgan fingerprint density at radius 1 is 1.12 bits per heavy atom. The van der Waals surface area contributed by atoms with Gasteiger partial charge in [0, 0.05) is 31.1 Å². The summed E-state index contributed by atoms with van der Waals surface area (Å²) >= 11 is 0. The number of benzene rings is 2. The van der Waals surface area contributed by atoms with Crippen LogP contribution in [0.25, 0.3) is 33.1 Å². The predicted molar refractivity (Wildman–Crippen MR) is 124 cm³/mol. The lowest BCUT2D eigenvalue weighted by Crippen LogP contribution is -2.51. The maximum absolute atomic E-state index is 15.1. The zero-order valence-electron chi connectivity index (χ0n) is 19.5. The van der Waals surface area contributed by atoms with Gasteiger partial charge in [-0.25, -0.2) is 18.6 Å². The van der Waals surface area contributed by atoms with E-state index in [0.29, 0.717) is 47.4 Å². The highest BCUT2D eigenvalue weighted by Crippen LogP contribution is 2.38. The second kappa shape index (κ2) is 7.78. The van der Waals surface area contributed by atoms with E-state index in [0.717, 1.165) is 0 Å². The summed E-state index contributed by atoms with van der Waals surface area (Å²) in [4.78, 5) is 17.3. The Labute approximate surface area is 195 Å². The molecule has 1 saturated heterocycles. The van der Waals surface area contributed by atoms with Crippen molar-refractivity contribution in [3.63, 3.8) is 0 Å². The molecule has 0 spiro atoms. The number of halogens is 2. The third-order valence-corrected chi connectivity index (χ3v) is 6.66. The van der Waals surface area contributed by atoms with E-state index in [2.05, 4.69) is 10.1 Å². The lowest BCUT2D eigenvalue weighted by molar-refractivity contribution is 0.0409. The molecule has 2 aromatic heterocycles. The Balaban J connectivity index is 1.51. The molecule has 0 saturated carbocycles. The highest BCUT2D eigenvalue weighted by Gasteiger charge is 2.39. The Kier molecular flexibility index (Phi) is 5.11. The van der Waals surface area contributed by atoms with E-state index >= 15 is 4.39 Å². The van der Waals surface area contributed by atoms with Crippen LogP contribution in [0.3, 0.4) is 0 Å². The maximum Gasteiger partial charge on any atom is 0.407 e. The van der Waals surface area contributed by atoms with E-state index in [1.165, 1.54) is 17.0 Å². The van der Waals surface area contributed by atoms with Gasteiger partial charge in [0.15, 0.2) is 23.1 Å². The number of likely N-dealkylation sites (tertiary alicyclic amines) is 1. The van der Waals surface area contributed by atoms with Gasteiger partial charge in [-0.05, 0) is 53.6 Å². The van der Waals surface area contributed by atoms with Crippen molar-refractivity contribution in [3.05, 3.63) is 48.0 Å². The third kappa shape index (κ3) is 3.78. The number of piperidine rings is 1. The molecule has 1 aliphatic heterocycles. The van der Waals surface area contributed by atoms with Gasteiger partial charge in [-0.2, -0.15) is 5.10 Å². The molecule has 1 aliphatic rings. The van der Waals surface area contributed by atoms with Crippen molar-refractivity contribution in [1.29, 1.82) is 0 Å². The van der Waals surface area contributed by atoms with Crippen molar-refractivity contribution >= 4 is 28.1 Å². The van der Waals surface area contributed by atoms with Crippen LogP contribution in [0, 0.1) is 24.0 Å². The minimum atomic E-state index is -0.925. The first-order valence-corrected chi connectivity index (χ1v) is 11.3. The maximum atomic E-state index is 15.1. The van der Waals surface area contributed by atoms with Gasteiger partial charge in [0.1, 0.15) is 11.0 Å². The van der Waals surface area contributed by atoms with Gasteiger partial charge in [-0.3, -0.25) is 4.68 Å². The molecular formula is C25H26F2N4O3. The lowest BCUT2D eigenvalue weighted by Gasteiger charge is -2.44. The number of rotatable bonds is 2. The highest BCUT2D eigenvalue weighted by atomic mass is 19.1. The molecule has 1 amide bonds. The van der Waals surface area contributed by atoms with Gasteiger partial charge in [-0.15, -0.1) is 0 Å². The summed E-state index contributed by atoms with van der Waals surface area (Å²) in [5.41, 5.74) is 1.43. The Hall–Kier alpha value is -3.49. The van der Waals surface area contributed by atoms with Crippen LogP contribution in [0.5, 0.6) is 0 Å². The van der Waals surface area contributed by atoms with Crippen LogP contribution in [0.1, 0.15) is 45.5 Å². The number of carbonyl (C=O) groups is 1.